The lowest BCUT2D eigenvalue weighted by molar-refractivity contribution is -0.194. The van der Waals surface area contributed by atoms with Crippen LogP contribution in [0.15, 0.2) is 126 Å². The predicted octanol–water partition coefficient (Wildman–Crippen LogP) is 15.7. The molecule has 9 atom stereocenters. The third-order valence-corrected chi connectivity index (χ3v) is 22.9. The molecule has 132 heavy (non-hydrogen) atoms. The highest BCUT2D eigenvalue weighted by Crippen LogP contribution is 2.38. The SMILES string of the molecule is C/C(=C\[C@H](C(C)C)N(C)C(=O)[C@@H](NC(=O)[C@@H](N(C)C(=O)OC(C)(C)C)C(C)(C)c1ccccc1)C(C)(C)C)C(=O)O.C/C(=C\[C@H](C(C)C)N(C)C(=O)[C@@H](NC(=O)[C@@H](N(C)C(=O)OC(C)(C)C)C(C)(C)c1ccccc1)C(C)(C)C)C(=O)ON1C(=O)CCC1=O.CCOC(=O)/C(C)=C/[C@H](C(C)C)N(C)C(=O)[C@@H](NC(=O)[C@@H](N(C)C(=O)OC(C)(C)C)C(C)(C)c1ccccc1)C(C)(C)C. The maximum absolute atomic E-state index is 14.4. The van der Waals surface area contributed by atoms with Crippen molar-refractivity contribution in [2.45, 2.75) is 336 Å². The number of benzene rings is 3. The molecule has 738 valence electrons. The molecular formula is C102H160N10O20. The summed E-state index contributed by atoms with van der Waals surface area (Å²) >= 11 is 0. The Morgan fingerprint density at radius 1 is 0.371 bits per heavy atom. The van der Waals surface area contributed by atoms with Crippen LogP contribution in [-0.2, 0) is 92.8 Å². The molecule has 11 amide bonds. The Kier molecular flexibility index (Phi) is 42.2. The van der Waals surface area contributed by atoms with E-state index < -0.39 is 175 Å². The Bertz CT molecular complexity index is 4550. The monoisotopic (exact) mass is 1850 g/mol. The Balaban J connectivity index is 0.000000673. The first-order valence-corrected chi connectivity index (χ1v) is 45.3. The van der Waals surface area contributed by atoms with Crippen molar-refractivity contribution < 1.29 is 96.0 Å². The highest BCUT2D eigenvalue weighted by molar-refractivity contribution is 6.03. The van der Waals surface area contributed by atoms with E-state index in [0.717, 1.165) is 16.7 Å². The molecule has 0 spiro atoms. The Labute approximate surface area is 787 Å². The maximum Gasteiger partial charge on any atom is 0.410 e. The fourth-order valence-electron chi connectivity index (χ4n) is 15.3. The zero-order valence-electron chi connectivity index (χ0n) is 86.8. The first-order valence-electron chi connectivity index (χ1n) is 45.3. The van der Waals surface area contributed by atoms with Crippen LogP contribution in [0.5, 0.6) is 0 Å². The van der Waals surface area contributed by atoms with E-state index in [4.69, 9.17) is 23.8 Å². The van der Waals surface area contributed by atoms with Gasteiger partial charge in [0, 0.05) is 88.1 Å². The molecule has 1 aliphatic rings. The third-order valence-electron chi connectivity index (χ3n) is 22.9. The smallest absolute Gasteiger partial charge is 0.410 e. The number of aliphatic carboxylic acids is 1. The number of rotatable bonds is 32. The van der Waals surface area contributed by atoms with E-state index in [9.17, 15) is 72.2 Å². The Hall–Kier alpha value is -10.9. The number of hydrogen-bond donors (Lipinski definition) is 4. The molecule has 4 rings (SSSR count). The quantitative estimate of drug-likeness (QED) is 0.0195. The molecule has 1 heterocycles. The minimum absolute atomic E-state index is 0.0299. The minimum Gasteiger partial charge on any atom is -0.478 e. The van der Waals surface area contributed by atoms with Crippen molar-refractivity contribution in [3.05, 3.63) is 143 Å². The first kappa shape index (κ1) is 117. The van der Waals surface area contributed by atoms with Gasteiger partial charge in [0.1, 0.15) is 53.1 Å². The van der Waals surface area contributed by atoms with E-state index >= 15 is 0 Å². The zero-order chi connectivity index (χ0) is 103. The third kappa shape index (κ3) is 33.7. The summed E-state index contributed by atoms with van der Waals surface area (Å²) in [5.41, 5.74) is -4.03. The number of amides is 11. The topological polar surface area (TPSA) is 364 Å². The number of carbonyl (C=O) groups is 14. The van der Waals surface area contributed by atoms with Gasteiger partial charge in [-0.2, -0.15) is 0 Å². The average molecular weight is 1850 g/mol. The minimum atomic E-state index is -1.08. The first-order chi connectivity index (χ1) is 60.0. The van der Waals surface area contributed by atoms with Gasteiger partial charge in [-0.15, -0.1) is 5.06 Å². The molecule has 3 aromatic rings. The summed E-state index contributed by atoms with van der Waals surface area (Å²) in [5.74, 6) is -6.52. The van der Waals surface area contributed by atoms with E-state index in [1.807, 2.05) is 236 Å². The molecule has 0 bridgehead atoms. The van der Waals surface area contributed by atoms with Crippen molar-refractivity contribution in [1.29, 1.82) is 0 Å². The molecule has 0 aromatic heterocycles. The van der Waals surface area contributed by atoms with Gasteiger partial charge in [0.25, 0.3) is 11.8 Å². The van der Waals surface area contributed by atoms with Crippen LogP contribution < -0.4 is 16.0 Å². The lowest BCUT2D eigenvalue weighted by Gasteiger charge is -2.42. The van der Waals surface area contributed by atoms with Crippen LogP contribution in [0.2, 0.25) is 0 Å². The number of ether oxygens (including phenoxy) is 4. The summed E-state index contributed by atoms with van der Waals surface area (Å²) in [7, 11) is 9.44. The summed E-state index contributed by atoms with van der Waals surface area (Å²) in [4.78, 5) is 199. The molecule has 0 radical (unpaired) electrons. The van der Waals surface area contributed by atoms with Crippen LogP contribution in [-0.4, -0.2) is 243 Å². The second-order valence-electron chi connectivity index (χ2n) is 43.3. The van der Waals surface area contributed by atoms with Crippen molar-refractivity contribution in [3.8, 4) is 0 Å². The fourth-order valence-corrected chi connectivity index (χ4v) is 15.3. The van der Waals surface area contributed by atoms with E-state index in [0.29, 0.717) is 10.6 Å². The number of nitrogens with one attached hydrogen (secondary N) is 3. The number of nitrogens with zero attached hydrogens (tertiary/aromatic N) is 7. The largest absolute Gasteiger partial charge is 0.478 e. The number of carbonyl (C=O) groups excluding carboxylic acids is 13. The van der Waals surface area contributed by atoms with Crippen molar-refractivity contribution >= 4 is 83.4 Å². The van der Waals surface area contributed by atoms with Gasteiger partial charge in [0.15, 0.2) is 0 Å². The lowest BCUT2D eigenvalue weighted by atomic mass is 9.76. The normalized spacial score (nSPS) is 15.4. The van der Waals surface area contributed by atoms with Crippen LogP contribution in [0.1, 0.15) is 265 Å². The summed E-state index contributed by atoms with van der Waals surface area (Å²) < 4.78 is 22.0. The van der Waals surface area contributed by atoms with Gasteiger partial charge < -0.3 is 59.5 Å². The van der Waals surface area contributed by atoms with Gasteiger partial charge in [-0.3, -0.25) is 53.1 Å². The lowest BCUT2D eigenvalue weighted by Crippen LogP contribution is -2.63. The molecule has 3 aromatic carbocycles. The average Bonchev–Trinajstić information content (AvgIpc) is 0.923. The number of hydrogen-bond acceptors (Lipinski definition) is 19. The second kappa shape index (κ2) is 47.6. The van der Waals surface area contributed by atoms with Gasteiger partial charge in [-0.05, 0) is 141 Å². The van der Waals surface area contributed by atoms with Gasteiger partial charge in [-0.25, -0.2) is 28.8 Å². The standard InChI is InChI=1S/C36H54N4O8.C34H55N3O6.C32H51N3O6/c1-22(2)25(21-23(3)32(45)48-40-26(41)19-20-27(40)42)38(12)31(44)28(34(4,5)6)37-30(43)29(39(13)33(46)47-35(7,8)9)36(10,11)24-17-15-14-16-18-24;1-15-42-30(40)23(4)21-25(22(2)3)36(13)29(39)26(32(5,6)7)35-28(38)27(37(14)31(41)43-33(8,9)10)34(11,12)24-19-17-16-18-20-24;1-20(2)23(19-21(3)28(38)39)34(12)27(37)24(30(4,5)6)33-26(36)25(35(13)29(40)41-31(7,8)9)32(10,11)22-17-15-14-16-18-22/h14-18,21-22,25,28-29H,19-20H2,1-13H3,(H,37,43);16-22,25-27H,15H2,1-14H3,(H,35,38);14-20,23-25H,1-13H3,(H,33,36)(H,38,39)/b2*23-21+;21-19+/t25-,28-,29-;25-,26-,27-;23-,24-,25-/m111/s1. The Morgan fingerprint density at radius 2 is 0.598 bits per heavy atom. The molecule has 0 unspecified atom stereocenters. The Morgan fingerprint density at radius 3 is 0.803 bits per heavy atom. The molecule has 1 saturated heterocycles. The molecule has 30 heteroatoms. The molecule has 0 saturated carbocycles. The highest BCUT2D eigenvalue weighted by Gasteiger charge is 2.51. The van der Waals surface area contributed by atoms with Crippen molar-refractivity contribution in [2.24, 2.45) is 34.0 Å². The number of hydroxylamine groups is 2. The summed E-state index contributed by atoms with van der Waals surface area (Å²) in [5, 5.41) is 18.8. The van der Waals surface area contributed by atoms with Crippen molar-refractivity contribution in [1.82, 2.24) is 50.4 Å². The summed E-state index contributed by atoms with van der Waals surface area (Å²) in [6.07, 6.45) is 2.79. The number of carboxylic acids is 1. The second-order valence-corrected chi connectivity index (χ2v) is 43.3. The van der Waals surface area contributed by atoms with E-state index in [1.54, 1.807) is 127 Å². The van der Waals surface area contributed by atoms with Crippen LogP contribution in [0, 0.1) is 34.0 Å². The molecule has 4 N–H and O–H groups in total. The molecule has 1 aliphatic heterocycles. The van der Waals surface area contributed by atoms with E-state index in [2.05, 4.69) is 16.0 Å². The summed E-state index contributed by atoms with van der Waals surface area (Å²) in [6.45, 7) is 61.8. The van der Waals surface area contributed by atoms with Crippen LogP contribution in [0.25, 0.3) is 0 Å². The maximum atomic E-state index is 14.4. The predicted molar refractivity (Wildman–Crippen MR) is 513 cm³/mol. The molecular weight excluding hydrogens is 1690 g/mol. The number of imide groups is 1. The highest BCUT2D eigenvalue weighted by atomic mass is 16.7. The van der Waals surface area contributed by atoms with Crippen molar-refractivity contribution in [3.63, 3.8) is 0 Å². The van der Waals surface area contributed by atoms with E-state index in [1.165, 1.54) is 52.4 Å². The molecule has 0 aliphatic carbocycles. The zero-order valence-corrected chi connectivity index (χ0v) is 86.8. The molecule has 30 nitrogen and oxygen atoms in total. The number of carboxylic acid groups (broad SMARTS) is 1. The van der Waals surface area contributed by atoms with Gasteiger partial charge in [-0.1, -0.05) is 255 Å². The summed E-state index contributed by atoms with van der Waals surface area (Å²) in [6, 6.07) is 20.6. The number of likely N-dealkylation sites (N-methyl/N-ethyl adjacent to an activating group) is 6. The van der Waals surface area contributed by atoms with Gasteiger partial charge in [0.2, 0.25) is 35.4 Å². The van der Waals surface area contributed by atoms with E-state index in [-0.39, 0.29) is 60.2 Å². The van der Waals surface area contributed by atoms with Gasteiger partial charge >= 0.3 is 36.2 Å². The van der Waals surface area contributed by atoms with Crippen LogP contribution >= 0.6 is 0 Å². The van der Waals surface area contributed by atoms with Crippen molar-refractivity contribution in [2.75, 3.05) is 48.9 Å². The molecule has 1 fully saturated rings. The van der Waals surface area contributed by atoms with Gasteiger partial charge in [0.05, 0.1) is 24.7 Å². The fraction of sp³-hybridized carbons (Fsp3) is 0.627. The number of esters is 1. The van der Waals surface area contributed by atoms with Crippen LogP contribution in [0.4, 0.5) is 14.4 Å². The van der Waals surface area contributed by atoms with Crippen LogP contribution in [0.3, 0.4) is 0 Å².